The quantitative estimate of drug-likeness (QED) is 0.522. The fraction of sp³-hybridized carbons (Fsp3) is 0.269. The van der Waals surface area contributed by atoms with Gasteiger partial charge in [-0.1, -0.05) is 36.4 Å². The minimum atomic E-state index is -0.577. The van der Waals surface area contributed by atoms with E-state index >= 15 is 0 Å². The molecule has 1 amide bonds. The summed E-state index contributed by atoms with van der Waals surface area (Å²) >= 11 is 0. The van der Waals surface area contributed by atoms with Crippen LogP contribution in [0.25, 0.3) is 0 Å². The fourth-order valence-electron chi connectivity index (χ4n) is 4.20. The number of para-hydroxylation sites is 1. The number of ether oxygens (including phenoxy) is 4. The van der Waals surface area contributed by atoms with Gasteiger partial charge in [-0.25, -0.2) is 0 Å². The molecule has 1 fully saturated rings. The molecule has 3 aromatic rings. The van der Waals surface area contributed by atoms with Gasteiger partial charge >= 0.3 is 0 Å². The Balaban J connectivity index is 1.38. The molecule has 2 heterocycles. The Bertz CT molecular complexity index is 1130. The number of β-lactam (4-membered cyclic amide) rings is 1. The average Bonchev–Trinajstić information content (AvgIpc) is 3.29. The first-order valence-electron chi connectivity index (χ1n) is 10.7. The zero-order chi connectivity index (χ0) is 22.1. The van der Waals surface area contributed by atoms with E-state index in [4.69, 9.17) is 18.9 Å². The monoisotopic (exact) mass is 431 g/mol. The number of aryl methyl sites for hydroxylation is 1. The third-order valence-corrected chi connectivity index (χ3v) is 6.04. The van der Waals surface area contributed by atoms with E-state index in [-0.39, 0.29) is 18.7 Å². The van der Waals surface area contributed by atoms with Gasteiger partial charge in [0.1, 0.15) is 17.5 Å². The van der Waals surface area contributed by atoms with Crippen LogP contribution in [-0.4, -0.2) is 37.4 Å². The lowest BCUT2D eigenvalue weighted by Gasteiger charge is -2.47. The summed E-state index contributed by atoms with van der Waals surface area (Å²) in [5.41, 5.74) is 3.12. The van der Waals surface area contributed by atoms with Crippen LogP contribution >= 0.6 is 0 Å². The Labute approximate surface area is 187 Å². The van der Waals surface area contributed by atoms with Crippen molar-refractivity contribution in [2.24, 2.45) is 0 Å². The van der Waals surface area contributed by atoms with Crippen molar-refractivity contribution in [3.63, 3.8) is 0 Å². The van der Waals surface area contributed by atoms with Crippen LogP contribution in [0.2, 0.25) is 0 Å². The number of hydrogen-bond donors (Lipinski definition) is 0. The fourth-order valence-corrected chi connectivity index (χ4v) is 4.20. The van der Waals surface area contributed by atoms with Crippen LogP contribution in [0.1, 0.15) is 22.7 Å². The summed E-state index contributed by atoms with van der Waals surface area (Å²) in [6.45, 7) is 2.79. The molecule has 6 heteroatoms. The van der Waals surface area contributed by atoms with Gasteiger partial charge in [-0.3, -0.25) is 4.79 Å². The van der Waals surface area contributed by atoms with Gasteiger partial charge in [-0.05, 0) is 60.4 Å². The predicted octanol–water partition coefficient (Wildman–Crippen LogP) is 4.31. The molecule has 2 aliphatic rings. The first-order valence-corrected chi connectivity index (χ1v) is 10.7. The summed E-state index contributed by atoms with van der Waals surface area (Å²) in [4.78, 5) is 15.0. The van der Waals surface area contributed by atoms with Crippen molar-refractivity contribution in [3.05, 3.63) is 83.4 Å². The second-order valence-electron chi connectivity index (χ2n) is 7.99. The van der Waals surface area contributed by atoms with Crippen molar-refractivity contribution in [2.75, 3.05) is 20.4 Å². The third-order valence-electron chi connectivity index (χ3n) is 6.04. The Hall–Kier alpha value is -3.67. The molecule has 0 unspecified atom stereocenters. The van der Waals surface area contributed by atoms with Gasteiger partial charge < -0.3 is 23.8 Å². The van der Waals surface area contributed by atoms with E-state index < -0.39 is 6.10 Å². The summed E-state index contributed by atoms with van der Waals surface area (Å²) in [6, 6.07) is 21.3. The van der Waals surface area contributed by atoms with Gasteiger partial charge in [-0.2, -0.15) is 0 Å². The van der Waals surface area contributed by atoms with Gasteiger partial charge in [0.25, 0.3) is 5.91 Å². The van der Waals surface area contributed by atoms with E-state index in [1.54, 1.807) is 7.11 Å². The van der Waals surface area contributed by atoms with Crippen LogP contribution in [0.15, 0.2) is 66.7 Å². The SMILES string of the molecule is COc1ccc(CCN2C(=O)[C@@H](Oc3ccccc3C)[C@H]2c2ccc3c(c2)OCO3)cc1. The van der Waals surface area contributed by atoms with E-state index in [1.165, 1.54) is 0 Å². The van der Waals surface area contributed by atoms with Gasteiger partial charge in [0, 0.05) is 6.54 Å². The number of methoxy groups -OCH3 is 1. The number of likely N-dealkylation sites (tertiary alicyclic amines) is 1. The molecule has 5 rings (SSSR count). The van der Waals surface area contributed by atoms with Crippen LogP contribution < -0.4 is 18.9 Å². The molecule has 3 aromatic carbocycles. The van der Waals surface area contributed by atoms with Crippen molar-refractivity contribution < 1.29 is 23.7 Å². The van der Waals surface area contributed by atoms with E-state index in [0.717, 1.165) is 40.4 Å². The number of fused-ring (bicyclic) bond motifs is 1. The number of nitrogens with zero attached hydrogens (tertiary/aromatic N) is 1. The highest BCUT2D eigenvalue weighted by Gasteiger charge is 2.50. The number of hydrogen-bond acceptors (Lipinski definition) is 5. The molecule has 0 bridgehead atoms. The zero-order valence-corrected chi connectivity index (χ0v) is 18.1. The van der Waals surface area contributed by atoms with Crippen molar-refractivity contribution in [1.82, 2.24) is 4.90 Å². The molecule has 164 valence electrons. The molecule has 0 spiro atoms. The van der Waals surface area contributed by atoms with Crippen molar-refractivity contribution >= 4 is 5.91 Å². The summed E-state index contributed by atoms with van der Waals surface area (Å²) in [5, 5.41) is 0. The largest absolute Gasteiger partial charge is 0.497 e. The van der Waals surface area contributed by atoms with Crippen molar-refractivity contribution in [2.45, 2.75) is 25.5 Å². The van der Waals surface area contributed by atoms with Gasteiger partial charge in [0.05, 0.1) is 7.11 Å². The number of benzene rings is 3. The summed E-state index contributed by atoms with van der Waals surface area (Å²) < 4.78 is 22.5. The Kier molecular flexibility index (Phi) is 5.35. The molecule has 6 nitrogen and oxygen atoms in total. The normalized spacial score (nSPS) is 18.9. The van der Waals surface area contributed by atoms with Crippen LogP contribution in [0.4, 0.5) is 0 Å². The standard InChI is InChI=1S/C26H25NO5/c1-17-5-3-4-6-21(17)32-25-24(19-9-12-22-23(15-19)31-16-30-22)27(26(25)28)14-13-18-7-10-20(29-2)11-8-18/h3-12,15,24-25H,13-14,16H2,1-2H3/t24-,25+/m1/s1. The lowest BCUT2D eigenvalue weighted by Crippen LogP contribution is -2.61. The highest BCUT2D eigenvalue weighted by Crippen LogP contribution is 2.42. The lowest BCUT2D eigenvalue weighted by molar-refractivity contribution is -0.164. The van der Waals surface area contributed by atoms with Crippen LogP contribution in [-0.2, 0) is 11.2 Å². The third kappa shape index (κ3) is 3.73. The molecule has 0 saturated carbocycles. The zero-order valence-electron chi connectivity index (χ0n) is 18.1. The maximum absolute atomic E-state index is 13.1. The summed E-state index contributed by atoms with van der Waals surface area (Å²) in [5.74, 6) is 2.96. The number of amides is 1. The molecule has 0 N–H and O–H groups in total. The van der Waals surface area contributed by atoms with Crippen molar-refractivity contribution in [3.8, 4) is 23.0 Å². The number of carbonyl (C=O) groups is 1. The number of rotatable bonds is 7. The first kappa shape index (κ1) is 20.2. The highest BCUT2D eigenvalue weighted by molar-refractivity contribution is 5.89. The van der Waals surface area contributed by atoms with Gasteiger partial charge in [-0.15, -0.1) is 0 Å². The topological polar surface area (TPSA) is 57.2 Å². The Morgan fingerprint density at radius 1 is 1.00 bits per heavy atom. The van der Waals surface area contributed by atoms with E-state index in [1.807, 2.05) is 78.6 Å². The summed E-state index contributed by atoms with van der Waals surface area (Å²) in [7, 11) is 1.65. The highest BCUT2D eigenvalue weighted by atomic mass is 16.7. The molecule has 1 saturated heterocycles. The van der Waals surface area contributed by atoms with Crippen LogP contribution in [0.5, 0.6) is 23.0 Å². The Morgan fingerprint density at radius 2 is 1.78 bits per heavy atom. The maximum Gasteiger partial charge on any atom is 0.266 e. The average molecular weight is 431 g/mol. The first-order chi connectivity index (χ1) is 15.6. The Morgan fingerprint density at radius 3 is 2.56 bits per heavy atom. The lowest BCUT2D eigenvalue weighted by atomic mass is 9.89. The minimum Gasteiger partial charge on any atom is -0.497 e. The molecule has 0 aromatic heterocycles. The minimum absolute atomic E-state index is 0.00979. The molecule has 0 radical (unpaired) electrons. The van der Waals surface area contributed by atoms with Gasteiger partial charge in [0.2, 0.25) is 12.9 Å². The number of carbonyl (C=O) groups excluding carboxylic acids is 1. The molecular formula is C26H25NO5. The predicted molar refractivity (Wildman–Crippen MR) is 119 cm³/mol. The van der Waals surface area contributed by atoms with E-state index in [0.29, 0.717) is 12.3 Å². The van der Waals surface area contributed by atoms with E-state index in [9.17, 15) is 4.79 Å². The molecule has 2 atom stereocenters. The van der Waals surface area contributed by atoms with E-state index in [2.05, 4.69) is 0 Å². The molecule has 0 aliphatic carbocycles. The molecular weight excluding hydrogens is 406 g/mol. The van der Waals surface area contributed by atoms with Crippen molar-refractivity contribution in [1.29, 1.82) is 0 Å². The van der Waals surface area contributed by atoms with Crippen LogP contribution in [0.3, 0.4) is 0 Å². The van der Waals surface area contributed by atoms with Gasteiger partial charge in [0.15, 0.2) is 11.5 Å². The molecule has 32 heavy (non-hydrogen) atoms. The smallest absolute Gasteiger partial charge is 0.266 e. The summed E-state index contributed by atoms with van der Waals surface area (Å²) in [6.07, 6.45) is 0.167. The maximum atomic E-state index is 13.1. The van der Waals surface area contributed by atoms with Crippen LogP contribution in [0, 0.1) is 6.92 Å². The second kappa shape index (κ2) is 8.46. The molecule has 2 aliphatic heterocycles. The second-order valence-corrected chi connectivity index (χ2v) is 7.99.